The molecule has 0 saturated heterocycles. The molecule has 0 spiro atoms. The molecule has 1 unspecified atom stereocenters. The third-order valence-corrected chi connectivity index (χ3v) is 12.0. The molecule has 3 nitrogen and oxygen atoms in total. The summed E-state index contributed by atoms with van der Waals surface area (Å²) in [6.07, 6.45) is 6.68. The number of hydrogen-bond acceptors (Lipinski definition) is 2. The fourth-order valence-electron chi connectivity index (χ4n) is 9.48. The highest BCUT2D eigenvalue weighted by Crippen LogP contribution is 2.60. The van der Waals surface area contributed by atoms with Crippen LogP contribution in [0.2, 0.25) is 0 Å². The lowest BCUT2D eigenvalue weighted by molar-refractivity contribution is 0.163. The predicted octanol–water partition coefficient (Wildman–Crippen LogP) is 12.4. The smallest absolute Gasteiger partial charge is 0.178 e. The van der Waals surface area contributed by atoms with Gasteiger partial charge in [-0.1, -0.05) is 129 Å². The van der Waals surface area contributed by atoms with Crippen LogP contribution < -0.4 is 9.47 Å². The first-order chi connectivity index (χ1) is 25.6. The summed E-state index contributed by atoms with van der Waals surface area (Å²) < 4.78 is 15.6. The lowest BCUT2D eigenvalue weighted by Crippen LogP contribution is -2.35. The van der Waals surface area contributed by atoms with Gasteiger partial charge in [0.05, 0.1) is 18.1 Å². The maximum absolute atomic E-state index is 7.62. The summed E-state index contributed by atoms with van der Waals surface area (Å²) in [5.74, 6) is 1.76. The van der Waals surface area contributed by atoms with Crippen molar-refractivity contribution in [3.05, 3.63) is 179 Å². The van der Waals surface area contributed by atoms with Crippen LogP contribution in [-0.2, 0) is 11.0 Å². The molecule has 0 radical (unpaired) electrons. The van der Waals surface area contributed by atoms with Crippen LogP contribution >= 0.6 is 0 Å². The number of methoxy groups -OCH3 is 1. The van der Waals surface area contributed by atoms with E-state index in [4.69, 9.17) is 9.47 Å². The highest BCUT2D eigenvalue weighted by Gasteiger charge is 2.46. The van der Waals surface area contributed by atoms with Crippen molar-refractivity contribution in [1.29, 1.82) is 0 Å². The van der Waals surface area contributed by atoms with E-state index in [0.29, 0.717) is 0 Å². The maximum atomic E-state index is 7.62. The molecule has 8 aromatic rings. The van der Waals surface area contributed by atoms with E-state index < -0.39 is 5.60 Å². The number of nitrogens with zero attached hydrogens (tertiary/aromatic N) is 1. The zero-order valence-corrected chi connectivity index (χ0v) is 29.7. The molecule has 1 atom stereocenters. The first-order valence-electron chi connectivity index (χ1n) is 18.4. The van der Waals surface area contributed by atoms with Crippen LogP contribution in [0.1, 0.15) is 54.5 Å². The molecule has 252 valence electrons. The van der Waals surface area contributed by atoms with Gasteiger partial charge in [0.2, 0.25) is 0 Å². The Morgan fingerprint density at radius 2 is 1.15 bits per heavy atom. The van der Waals surface area contributed by atoms with Crippen molar-refractivity contribution in [2.45, 2.75) is 37.7 Å². The fourth-order valence-corrected chi connectivity index (χ4v) is 9.48. The SMILES string of the molecule is CCC1(CC)c2ccccc2-c2c1c1c(c3ccccc23)OC(c2ccc(OC)cc2)(c2ccc(-n3c4ccccc4c4ccccc43)cc2)C=C1. The van der Waals surface area contributed by atoms with Crippen LogP contribution in [0.15, 0.2) is 152 Å². The zero-order chi connectivity index (χ0) is 35.0. The molecule has 1 aromatic heterocycles. The third kappa shape index (κ3) is 4.08. The lowest BCUT2D eigenvalue weighted by Gasteiger charge is -2.39. The van der Waals surface area contributed by atoms with Gasteiger partial charge in [-0.05, 0) is 83.0 Å². The normalized spacial score (nSPS) is 16.8. The fraction of sp³-hybridized carbons (Fsp3) is 0.143. The van der Waals surface area contributed by atoms with E-state index in [1.807, 2.05) is 12.1 Å². The van der Waals surface area contributed by atoms with Crippen LogP contribution in [0.25, 0.3) is 55.5 Å². The van der Waals surface area contributed by atoms with Gasteiger partial charge in [0.1, 0.15) is 11.5 Å². The molecule has 0 saturated carbocycles. The number of aromatic nitrogens is 1. The molecule has 1 aliphatic carbocycles. The molecule has 3 heteroatoms. The van der Waals surface area contributed by atoms with Gasteiger partial charge in [0.15, 0.2) is 5.60 Å². The molecule has 2 heterocycles. The maximum Gasteiger partial charge on any atom is 0.178 e. The second-order valence-electron chi connectivity index (χ2n) is 14.2. The first kappa shape index (κ1) is 30.7. The van der Waals surface area contributed by atoms with Gasteiger partial charge in [0, 0.05) is 44.0 Å². The average molecular weight is 674 g/mol. The van der Waals surface area contributed by atoms with Crippen molar-refractivity contribution in [3.8, 4) is 28.3 Å². The molecule has 1 aliphatic heterocycles. The standard InChI is InChI=1S/C49H39NO2/c1-4-48(5-2)42-19-11-8-18-40(42)45-38-16-6-7-17-39(38)47-41(46(45)48)30-31-49(52-47,33-24-28-35(51-3)29-25-33)32-22-26-34(27-23-32)50-43-20-12-9-14-36(43)37-15-10-13-21-44(37)50/h6-31H,4-5H2,1-3H3. The second kappa shape index (κ2) is 11.5. The van der Waals surface area contributed by atoms with E-state index in [1.54, 1.807) is 7.11 Å². The number of para-hydroxylation sites is 2. The minimum atomic E-state index is -0.873. The van der Waals surface area contributed by atoms with Gasteiger partial charge in [0.25, 0.3) is 0 Å². The quantitative estimate of drug-likeness (QED) is 0.175. The Kier molecular flexibility index (Phi) is 6.79. The number of ether oxygens (including phenoxy) is 2. The highest BCUT2D eigenvalue weighted by molar-refractivity contribution is 6.10. The number of rotatable bonds is 6. The molecule has 7 aromatic carbocycles. The van der Waals surface area contributed by atoms with Crippen LogP contribution in [-0.4, -0.2) is 11.7 Å². The van der Waals surface area contributed by atoms with Crippen molar-refractivity contribution >= 4 is 38.7 Å². The molecule has 2 aliphatic rings. The van der Waals surface area contributed by atoms with Gasteiger partial charge in [-0.15, -0.1) is 0 Å². The molecule has 0 N–H and O–H groups in total. The molecule has 0 amide bonds. The van der Waals surface area contributed by atoms with Gasteiger partial charge < -0.3 is 14.0 Å². The largest absolute Gasteiger partial charge is 0.497 e. The summed E-state index contributed by atoms with van der Waals surface area (Å²) in [5.41, 5.74) is 11.4. The Labute approximate surface area is 304 Å². The van der Waals surface area contributed by atoms with Gasteiger partial charge in [-0.25, -0.2) is 0 Å². The van der Waals surface area contributed by atoms with Crippen LogP contribution in [0.5, 0.6) is 11.5 Å². The van der Waals surface area contributed by atoms with Crippen molar-refractivity contribution < 1.29 is 9.47 Å². The average Bonchev–Trinajstić information content (AvgIpc) is 3.72. The second-order valence-corrected chi connectivity index (χ2v) is 14.2. The third-order valence-electron chi connectivity index (χ3n) is 12.0. The zero-order valence-electron chi connectivity index (χ0n) is 29.7. The Hall–Kier alpha value is -6.06. The minimum absolute atomic E-state index is 0.0994. The summed E-state index contributed by atoms with van der Waals surface area (Å²) in [5, 5.41) is 4.89. The monoisotopic (exact) mass is 673 g/mol. The van der Waals surface area contributed by atoms with Crippen LogP contribution in [0, 0.1) is 0 Å². The summed E-state index contributed by atoms with van der Waals surface area (Å²) >= 11 is 0. The van der Waals surface area contributed by atoms with E-state index in [1.165, 1.54) is 55.0 Å². The van der Waals surface area contributed by atoms with Gasteiger partial charge in [-0.2, -0.15) is 0 Å². The highest BCUT2D eigenvalue weighted by atomic mass is 16.5. The summed E-state index contributed by atoms with van der Waals surface area (Å²) in [7, 11) is 1.71. The van der Waals surface area contributed by atoms with Crippen molar-refractivity contribution in [2.75, 3.05) is 7.11 Å². The molecule has 0 bridgehead atoms. The van der Waals surface area contributed by atoms with Crippen LogP contribution in [0.3, 0.4) is 0 Å². The molecule has 10 rings (SSSR count). The summed E-state index contributed by atoms with van der Waals surface area (Å²) in [6, 6.07) is 52.5. The van der Waals surface area contributed by atoms with Crippen LogP contribution in [0.4, 0.5) is 0 Å². The van der Waals surface area contributed by atoms with E-state index in [0.717, 1.165) is 46.5 Å². The Balaban J connectivity index is 1.20. The summed E-state index contributed by atoms with van der Waals surface area (Å²) in [6.45, 7) is 4.68. The number of benzene rings is 7. The Morgan fingerprint density at radius 3 is 1.79 bits per heavy atom. The van der Waals surface area contributed by atoms with Gasteiger partial charge in [-0.3, -0.25) is 0 Å². The predicted molar refractivity (Wildman–Crippen MR) is 215 cm³/mol. The van der Waals surface area contributed by atoms with Crippen molar-refractivity contribution in [1.82, 2.24) is 4.57 Å². The van der Waals surface area contributed by atoms with E-state index in [-0.39, 0.29) is 5.41 Å². The Morgan fingerprint density at radius 1 is 0.596 bits per heavy atom. The first-order valence-corrected chi connectivity index (χ1v) is 18.4. The number of fused-ring (bicyclic) bond motifs is 11. The van der Waals surface area contributed by atoms with E-state index in [9.17, 15) is 0 Å². The van der Waals surface area contributed by atoms with Crippen molar-refractivity contribution in [2.24, 2.45) is 0 Å². The topological polar surface area (TPSA) is 23.4 Å². The molecular weight excluding hydrogens is 635 g/mol. The molecular formula is C49H39NO2. The van der Waals surface area contributed by atoms with Gasteiger partial charge >= 0.3 is 0 Å². The minimum Gasteiger partial charge on any atom is -0.497 e. The summed E-state index contributed by atoms with van der Waals surface area (Å²) in [4.78, 5) is 0. The van der Waals surface area contributed by atoms with E-state index in [2.05, 4.69) is 164 Å². The molecule has 52 heavy (non-hydrogen) atoms. The number of hydrogen-bond donors (Lipinski definition) is 0. The Bertz CT molecular complexity index is 2660. The molecule has 0 fully saturated rings. The van der Waals surface area contributed by atoms with Crippen molar-refractivity contribution in [3.63, 3.8) is 0 Å². The van der Waals surface area contributed by atoms with E-state index >= 15 is 0 Å². The lowest BCUT2D eigenvalue weighted by atomic mass is 9.71.